The Labute approximate surface area is 78.7 Å². The van der Waals surface area contributed by atoms with Gasteiger partial charge in [0.2, 0.25) is 5.88 Å². The summed E-state index contributed by atoms with van der Waals surface area (Å²) < 4.78 is 38.7. The fraction of sp³-hybridized carbons (Fsp3) is 0.375. The zero-order valence-corrected chi connectivity index (χ0v) is 7.21. The van der Waals surface area contributed by atoms with Gasteiger partial charge in [-0.25, -0.2) is 4.98 Å². The maximum Gasteiger partial charge on any atom is 0.574 e. The van der Waals surface area contributed by atoms with Crippen LogP contribution in [0.1, 0.15) is 5.56 Å². The molecule has 0 aromatic carbocycles. The van der Waals surface area contributed by atoms with Crippen LogP contribution in [-0.4, -0.2) is 17.9 Å². The summed E-state index contributed by atoms with van der Waals surface area (Å²) in [4.78, 5) is 3.48. The minimum Gasteiger partial charge on any atom is -0.388 e. The zero-order valence-electron chi connectivity index (χ0n) is 7.21. The van der Waals surface area contributed by atoms with E-state index in [1.807, 2.05) is 0 Å². The second kappa shape index (κ2) is 4.28. The van der Waals surface area contributed by atoms with Gasteiger partial charge < -0.3 is 10.5 Å². The molecule has 0 aliphatic carbocycles. The van der Waals surface area contributed by atoms with Crippen LogP contribution in [0.5, 0.6) is 5.88 Å². The van der Waals surface area contributed by atoms with Gasteiger partial charge in [-0.1, -0.05) is 6.07 Å². The van der Waals surface area contributed by atoms with E-state index in [4.69, 9.17) is 5.73 Å². The fourth-order valence-electron chi connectivity index (χ4n) is 0.904. The third kappa shape index (κ3) is 3.61. The zero-order chi connectivity index (χ0) is 10.6. The van der Waals surface area contributed by atoms with E-state index in [2.05, 4.69) is 9.72 Å². The molecule has 0 spiro atoms. The standard InChI is InChI=1S/C8H9F3N2O/c9-8(10,11)14-7-2-1-6(3-4-12)5-13-7/h1-2,5H,3-4,12H2. The molecule has 0 saturated heterocycles. The van der Waals surface area contributed by atoms with E-state index >= 15 is 0 Å². The third-order valence-corrected chi connectivity index (χ3v) is 1.45. The Balaban J connectivity index is 2.64. The Morgan fingerprint density at radius 2 is 2.07 bits per heavy atom. The maximum absolute atomic E-state index is 11.7. The van der Waals surface area contributed by atoms with Gasteiger partial charge >= 0.3 is 6.36 Å². The number of nitrogens with zero attached hydrogens (tertiary/aromatic N) is 1. The monoisotopic (exact) mass is 206 g/mol. The average Bonchev–Trinajstić information content (AvgIpc) is 2.06. The molecule has 0 atom stereocenters. The molecule has 1 rings (SSSR count). The highest BCUT2D eigenvalue weighted by Crippen LogP contribution is 2.20. The van der Waals surface area contributed by atoms with Gasteiger partial charge in [-0.2, -0.15) is 0 Å². The van der Waals surface area contributed by atoms with Crippen LogP contribution in [0.4, 0.5) is 13.2 Å². The molecule has 1 aromatic heterocycles. The fourth-order valence-corrected chi connectivity index (χ4v) is 0.904. The molecule has 0 fully saturated rings. The number of nitrogens with two attached hydrogens (primary N) is 1. The van der Waals surface area contributed by atoms with Gasteiger partial charge in [0, 0.05) is 12.3 Å². The largest absolute Gasteiger partial charge is 0.574 e. The highest BCUT2D eigenvalue weighted by Gasteiger charge is 2.31. The van der Waals surface area contributed by atoms with Gasteiger partial charge in [-0.3, -0.25) is 0 Å². The summed E-state index contributed by atoms with van der Waals surface area (Å²) in [6, 6.07) is 2.67. The van der Waals surface area contributed by atoms with Crippen molar-refractivity contribution in [3.8, 4) is 5.88 Å². The lowest BCUT2D eigenvalue weighted by Crippen LogP contribution is -2.17. The van der Waals surface area contributed by atoms with Gasteiger partial charge in [0.15, 0.2) is 0 Å². The van der Waals surface area contributed by atoms with Gasteiger partial charge in [0.05, 0.1) is 0 Å². The lowest BCUT2D eigenvalue weighted by atomic mass is 10.2. The molecular weight excluding hydrogens is 197 g/mol. The Morgan fingerprint density at radius 1 is 1.36 bits per heavy atom. The second-order valence-corrected chi connectivity index (χ2v) is 2.59. The summed E-state index contributed by atoms with van der Waals surface area (Å²) in [5.41, 5.74) is 6.04. The highest BCUT2D eigenvalue weighted by molar-refractivity contribution is 5.18. The molecule has 0 saturated carbocycles. The number of rotatable bonds is 3. The molecule has 78 valence electrons. The van der Waals surface area contributed by atoms with Crippen LogP contribution in [0, 0.1) is 0 Å². The number of hydrogen-bond acceptors (Lipinski definition) is 3. The van der Waals surface area contributed by atoms with Crippen molar-refractivity contribution >= 4 is 0 Å². The molecule has 0 aliphatic rings. The first-order chi connectivity index (χ1) is 6.51. The summed E-state index contributed by atoms with van der Waals surface area (Å²) in [5.74, 6) is -0.460. The summed E-state index contributed by atoms with van der Waals surface area (Å²) in [6.07, 6.45) is -2.80. The van der Waals surface area contributed by atoms with Crippen LogP contribution in [0.2, 0.25) is 0 Å². The molecule has 6 heteroatoms. The van der Waals surface area contributed by atoms with E-state index in [1.54, 1.807) is 0 Å². The summed E-state index contributed by atoms with van der Waals surface area (Å²) in [6.45, 7) is 0.432. The van der Waals surface area contributed by atoms with E-state index in [9.17, 15) is 13.2 Å². The Hall–Kier alpha value is -1.30. The van der Waals surface area contributed by atoms with E-state index in [0.29, 0.717) is 13.0 Å². The normalized spacial score (nSPS) is 11.4. The lowest BCUT2D eigenvalue weighted by Gasteiger charge is -2.07. The Bertz CT molecular complexity index is 284. The lowest BCUT2D eigenvalue weighted by molar-refractivity contribution is -0.276. The van der Waals surface area contributed by atoms with E-state index in [1.165, 1.54) is 18.3 Å². The molecule has 0 bridgehead atoms. The smallest absolute Gasteiger partial charge is 0.388 e. The molecule has 1 aromatic rings. The van der Waals surface area contributed by atoms with Crippen LogP contribution in [0.25, 0.3) is 0 Å². The van der Waals surface area contributed by atoms with Gasteiger partial charge in [0.25, 0.3) is 0 Å². The van der Waals surface area contributed by atoms with Crippen molar-refractivity contribution in [2.75, 3.05) is 6.54 Å². The van der Waals surface area contributed by atoms with Crippen molar-refractivity contribution in [1.82, 2.24) is 4.98 Å². The summed E-state index contributed by atoms with van der Waals surface area (Å²) in [7, 11) is 0. The van der Waals surface area contributed by atoms with E-state index in [-0.39, 0.29) is 0 Å². The van der Waals surface area contributed by atoms with E-state index in [0.717, 1.165) is 5.56 Å². The molecule has 0 radical (unpaired) electrons. The number of hydrogen-bond donors (Lipinski definition) is 1. The molecule has 0 aliphatic heterocycles. The quantitative estimate of drug-likeness (QED) is 0.814. The van der Waals surface area contributed by atoms with Crippen LogP contribution >= 0.6 is 0 Å². The highest BCUT2D eigenvalue weighted by atomic mass is 19.4. The van der Waals surface area contributed by atoms with Crippen molar-refractivity contribution in [2.24, 2.45) is 5.73 Å². The van der Waals surface area contributed by atoms with Crippen LogP contribution in [0.3, 0.4) is 0 Å². The van der Waals surface area contributed by atoms with E-state index < -0.39 is 12.2 Å². The topological polar surface area (TPSA) is 48.1 Å². The molecular formula is C8H9F3N2O. The molecule has 0 unspecified atom stereocenters. The van der Waals surface area contributed by atoms with Crippen molar-refractivity contribution in [1.29, 1.82) is 0 Å². The molecule has 14 heavy (non-hydrogen) atoms. The number of pyridine rings is 1. The number of ether oxygens (including phenoxy) is 1. The summed E-state index contributed by atoms with van der Waals surface area (Å²) >= 11 is 0. The molecule has 3 nitrogen and oxygen atoms in total. The first-order valence-corrected chi connectivity index (χ1v) is 3.92. The minimum absolute atomic E-state index is 0.432. The first kappa shape index (κ1) is 10.8. The number of alkyl halides is 3. The maximum atomic E-state index is 11.7. The molecule has 1 heterocycles. The molecule has 2 N–H and O–H groups in total. The Kier molecular flexibility index (Phi) is 3.29. The number of halogens is 3. The van der Waals surface area contributed by atoms with Crippen LogP contribution < -0.4 is 10.5 Å². The first-order valence-electron chi connectivity index (χ1n) is 3.92. The van der Waals surface area contributed by atoms with Gasteiger partial charge in [0.1, 0.15) is 0 Å². The van der Waals surface area contributed by atoms with Gasteiger partial charge in [-0.05, 0) is 18.5 Å². The predicted octanol–water partition coefficient (Wildman–Crippen LogP) is 1.48. The SMILES string of the molecule is NCCc1ccc(OC(F)(F)F)nc1. The second-order valence-electron chi connectivity index (χ2n) is 2.59. The van der Waals surface area contributed by atoms with Crippen molar-refractivity contribution in [3.05, 3.63) is 23.9 Å². The number of aromatic nitrogens is 1. The molecule has 0 amide bonds. The van der Waals surface area contributed by atoms with Crippen LogP contribution in [-0.2, 0) is 6.42 Å². The van der Waals surface area contributed by atoms with Crippen molar-refractivity contribution in [2.45, 2.75) is 12.8 Å². The van der Waals surface area contributed by atoms with Crippen molar-refractivity contribution < 1.29 is 17.9 Å². The third-order valence-electron chi connectivity index (χ3n) is 1.45. The predicted molar refractivity (Wildman–Crippen MR) is 43.7 cm³/mol. The Morgan fingerprint density at radius 3 is 2.50 bits per heavy atom. The minimum atomic E-state index is -4.69. The van der Waals surface area contributed by atoms with Crippen LogP contribution in [0.15, 0.2) is 18.3 Å². The van der Waals surface area contributed by atoms with Crippen molar-refractivity contribution in [3.63, 3.8) is 0 Å². The summed E-state index contributed by atoms with van der Waals surface area (Å²) in [5, 5.41) is 0. The van der Waals surface area contributed by atoms with Gasteiger partial charge in [-0.15, -0.1) is 13.2 Å². The average molecular weight is 206 g/mol.